The SMILES string of the molecule is COc1ccc(-n2c(C)cc(/C=C(/C#N)C(=O)OCC(=O)N(C)Cc3cccs3)c2C)cc1. The summed E-state index contributed by atoms with van der Waals surface area (Å²) in [7, 11) is 3.26. The zero-order chi connectivity index (χ0) is 24.0. The van der Waals surface area contributed by atoms with Crippen molar-refractivity contribution in [2.45, 2.75) is 20.4 Å². The number of hydrogen-bond donors (Lipinski definition) is 0. The lowest BCUT2D eigenvalue weighted by Gasteiger charge is -2.16. The highest BCUT2D eigenvalue weighted by atomic mass is 32.1. The number of methoxy groups -OCH3 is 1. The average Bonchev–Trinajstić information content (AvgIpc) is 3.42. The first kappa shape index (κ1) is 23.8. The number of aromatic nitrogens is 1. The molecule has 2 aromatic heterocycles. The van der Waals surface area contributed by atoms with Gasteiger partial charge in [0.05, 0.1) is 13.7 Å². The van der Waals surface area contributed by atoms with Crippen LogP contribution < -0.4 is 4.74 Å². The molecule has 33 heavy (non-hydrogen) atoms. The predicted molar refractivity (Wildman–Crippen MR) is 127 cm³/mol. The number of amides is 1. The summed E-state index contributed by atoms with van der Waals surface area (Å²) in [5, 5.41) is 11.4. The Balaban J connectivity index is 1.71. The van der Waals surface area contributed by atoms with Gasteiger partial charge in [0.2, 0.25) is 0 Å². The van der Waals surface area contributed by atoms with E-state index < -0.39 is 12.6 Å². The Morgan fingerprint density at radius 3 is 2.55 bits per heavy atom. The summed E-state index contributed by atoms with van der Waals surface area (Å²) >= 11 is 1.55. The first-order valence-electron chi connectivity index (χ1n) is 10.2. The Morgan fingerprint density at radius 2 is 1.94 bits per heavy atom. The Hall–Kier alpha value is -3.83. The van der Waals surface area contributed by atoms with Crippen LogP contribution in [0.25, 0.3) is 11.8 Å². The molecule has 170 valence electrons. The number of nitrogens with zero attached hydrogens (tertiary/aromatic N) is 3. The highest BCUT2D eigenvalue weighted by Gasteiger charge is 2.18. The van der Waals surface area contributed by atoms with Gasteiger partial charge in [-0.05, 0) is 67.3 Å². The van der Waals surface area contributed by atoms with Crippen LogP contribution in [0.15, 0.2) is 53.4 Å². The Kier molecular flexibility index (Phi) is 7.70. The summed E-state index contributed by atoms with van der Waals surface area (Å²) in [6.45, 7) is 3.87. The van der Waals surface area contributed by atoms with Crippen molar-refractivity contribution in [3.05, 3.63) is 75.2 Å². The van der Waals surface area contributed by atoms with Gasteiger partial charge in [-0.25, -0.2) is 4.79 Å². The lowest BCUT2D eigenvalue weighted by atomic mass is 10.1. The molecule has 1 aromatic carbocycles. The number of benzene rings is 1. The van der Waals surface area contributed by atoms with Crippen LogP contribution in [0.4, 0.5) is 0 Å². The Morgan fingerprint density at radius 1 is 1.21 bits per heavy atom. The smallest absolute Gasteiger partial charge is 0.349 e. The van der Waals surface area contributed by atoms with Gasteiger partial charge in [0, 0.05) is 29.0 Å². The third-order valence-corrected chi connectivity index (χ3v) is 6.03. The summed E-state index contributed by atoms with van der Waals surface area (Å²) in [6, 6.07) is 15.2. The third kappa shape index (κ3) is 5.70. The molecule has 3 rings (SSSR count). The Labute approximate surface area is 197 Å². The second-order valence-electron chi connectivity index (χ2n) is 7.44. The van der Waals surface area contributed by atoms with Crippen molar-refractivity contribution in [3.8, 4) is 17.5 Å². The highest BCUT2D eigenvalue weighted by molar-refractivity contribution is 7.09. The van der Waals surface area contributed by atoms with E-state index in [9.17, 15) is 14.9 Å². The van der Waals surface area contributed by atoms with Crippen LogP contribution in [0.5, 0.6) is 5.75 Å². The van der Waals surface area contributed by atoms with Gasteiger partial charge in [0.15, 0.2) is 6.61 Å². The summed E-state index contributed by atoms with van der Waals surface area (Å²) in [5.41, 5.74) is 3.30. The number of nitriles is 1. The number of hydrogen-bond acceptors (Lipinski definition) is 6. The number of esters is 1. The minimum Gasteiger partial charge on any atom is -0.497 e. The zero-order valence-corrected chi connectivity index (χ0v) is 19.8. The maximum Gasteiger partial charge on any atom is 0.349 e. The van der Waals surface area contributed by atoms with Crippen molar-refractivity contribution in [2.24, 2.45) is 0 Å². The van der Waals surface area contributed by atoms with Gasteiger partial charge in [0.25, 0.3) is 5.91 Å². The third-order valence-electron chi connectivity index (χ3n) is 5.17. The number of rotatable bonds is 8. The van der Waals surface area contributed by atoms with Gasteiger partial charge in [-0.15, -0.1) is 11.3 Å². The molecule has 0 fully saturated rings. The standard InChI is InChI=1S/C25H25N3O4S/c1-17-12-19(18(2)28(17)21-7-9-22(31-4)10-8-21)13-20(14-26)25(30)32-16-24(29)27(3)15-23-6-5-11-33-23/h5-13H,15-16H2,1-4H3/b20-13-. The lowest BCUT2D eigenvalue weighted by Crippen LogP contribution is -2.30. The number of likely N-dealkylation sites (N-methyl/N-ethyl adjacent to an activating group) is 1. The van der Waals surface area contributed by atoms with Gasteiger partial charge in [-0.3, -0.25) is 4.79 Å². The molecule has 7 nitrogen and oxygen atoms in total. The fourth-order valence-electron chi connectivity index (χ4n) is 3.39. The molecule has 0 aliphatic carbocycles. The predicted octanol–water partition coefficient (Wildman–Crippen LogP) is 4.27. The molecule has 8 heteroatoms. The molecule has 0 saturated heterocycles. The van der Waals surface area contributed by atoms with Crippen LogP contribution >= 0.6 is 11.3 Å². The summed E-state index contributed by atoms with van der Waals surface area (Å²) in [4.78, 5) is 27.3. The number of ether oxygens (including phenoxy) is 2. The molecule has 2 heterocycles. The number of carbonyl (C=O) groups is 2. The van der Waals surface area contributed by atoms with E-state index in [0.717, 1.165) is 33.3 Å². The minimum absolute atomic E-state index is 0.168. The van der Waals surface area contributed by atoms with E-state index in [0.29, 0.717) is 6.54 Å². The van der Waals surface area contributed by atoms with E-state index in [1.165, 1.54) is 11.0 Å². The number of aryl methyl sites for hydroxylation is 1. The largest absolute Gasteiger partial charge is 0.497 e. The first-order valence-corrected chi connectivity index (χ1v) is 11.1. The van der Waals surface area contributed by atoms with E-state index in [1.54, 1.807) is 25.5 Å². The van der Waals surface area contributed by atoms with Crippen molar-refractivity contribution in [3.63, 3.8) is 0 Å². The van der Waals surface area contributed by atoms with Crippen LogP contribution in [-0.2, 0) is 20.9 Å². The molecular formula is C25H25N3O4S. The molecule has 0 aliphatic rings. The second kappa shape index (κ2) is 10.7. The van der Waals surface area contributed by atoms with E-state index in [1.807, 2.05) is 72.3 Å². The monoisotopic (exact) mass is 463 g/mol. The van der Waals surface area contributed by atoms with Gasteiger partial charge in [-0.2, -0.15) is 5.26 Å². The van der Waals surface area contributed by atoms with Crippen molar-refractivity contribution in [2.75, 3.05) is 20.8 Å². The van der Waals surface area contributed by atoms with Crippen LogP contribution in [0.1, 0.15) is 21.8 Å². The number of thiophene rings is 1. The first-order chi connectivity index (χ1) is 15.8. The molecule has 3 aromatic rings. The molecule has 0 atom stereocenters. The van der Waals surface area contributed by atoms with E-state index >= 15 is 0 Å². The topological polar surface area (TPSA) is 84.6 Å². The molecular weight excluding hydrogens is 438 g/mol. The van der Waals surface area contributed by atoms with Gasteiger partial charge in [0.1, 0.15) is 17.4 Å². The summed E-state index contributed by atoms with van der Waals surface area (Å²) in [5.74, 6) is -0.414. The molecule has 0 aliphatic heterocycles. The maximum absolute atomic E-state index is 12.5. The molecule has 0 spiro atoms. The molecule has 0 radical (unpaired) electrons. The van der Waals surface area contributed by atoms with Crippen LogP contribution in [0.2, 0.25) is 0 Å². The summed E-state index contributed by atoms with van der Waals surface area (Å²) < 4.78 is 12.4. The number of carbonyl (C=O) groups excluding carboxylic acids is 2. The second-order valence-corrected chi connectivity index (χ2v) is 8.47. The maximum atomic E-state index is 12.5. The quantitative estimate of drug-likeness (QED) is 0.283. The van der Waals surface area contributed by atoms with E-state index in [4.69, 9.17) is 9.47 Å². The van der Waals surface area contributed by atoms with Crippen molar-refractivity contribution >= 4 is 29.3 Å². The normalized spacial score (nSPS) is 11.1. The van der Waals surface area contributed by atoms with Crippen LogP contribution in [-0.4, -0.2) is 42.1 Å². The average molecular weight is 464 g/mol. The van der Waals surface area contributed by atoms with Crippen LogP contribution in [0, 0.1) is 25.2 Å². The van der Waals surface area contributed by atoms with E-state index in [-0.39, 0.29) is 11.5 Å². The molecule has 0 N–H and O–H groups in total. The zero-order valence-electron chi connectivity index (χ0n) is 19.0. The lowest BCUT2D eigenvalue weighted by molar-refractivity contribution is -0.148. The van der Waals surface area contributed by atoms with Crippen LogP contribution in [0.3, 0.4) is 0 Å². The van der Waals surface area contributed by atoms with Crippen molar-refractivity contribution in [1.29, 1.82) is 5.26 Å². The molecule has 0 saturated carbocycles. The fraction of sp³-hybridized carbons (Fsp3) is 0.240. The Bertz CT molecular complexity index is 1200. The molecule has 0 unspecified atom stereocenters. The molecule has 0 bridgehead atoms. The van der Waals surface area contributed by atoms with Gasteiger partial charge in [-0.1, -0.05) is 6.07 Å². The van der Waals surface area contributed by atoms with Gasteiger partial charge < -0.3 is 18.9 Å². The van der Waals surface area contributed by atoms with Gasteiger partial charge >= 0.3 is 5.97 Å². The highest BCUT2D eigenvalue weighted by Crippen LogP contribution is 2.24. The minimum atomic E-state index is -0.829. The van der Waals surface area contributed by atoms with Crippen molar-refractivity contribution in [1.82, 2.24) is 9.47 Å². The van der Waals surface area contributed by atoms with Crippen molar-refractivity contribution < 1.29 is 19.1 Å². The summed E-state index contributed by atoms with van der Waals surface area (Å²) in [6.07, 6.45) is 1.49. The van der Waals surface area contributed by atoms with E-state index in [2.05, 4.69) is 0 Å². The molecule has 1 amide bonds. The fourth-order valence-corrected chi connectivity index (χ4v) is 4.15.